The smallest absolute Gasteiger partial charge is 0.217 e. The second-order valence-corrected chi connectivity index (χ2v) is 4.62. The Bertz CT molecular complexity index is 186. The second kappa shape index (κ2) is 11.9. The van der Waals surface area contributed by atoms with E-state index in [2.05, 4.69) is 6.92 Å². The molecule has 0 fully saturated rings. The maximum Gasteiger partial charge on any atom is 0.217 e. The first kappa shape index (κ1) is 16.4. The summed E-state index contributed by atoms with van der Waals surface area (Å²) in [4.78, 5) is 10.5. The summed E-state index contributed by atoms with van der Waals surface area (Å²) in [5.41, 5.74) is 5.06. The van der Waals surface area contributed by atoms with E-state index < -0.39 is 0 Å². The highest BCUT2D eigenvalue weighted by molar-refractivity contribution is 5.73. The van der Waals surface area contributed by atoms with Gasteiger partial charge in [-0.15, -0.1) is 0 Å². The number of unbranched alkanes of at least 4 members (excludes halogenated alkanes) is 4. The highest BCUT2D eigenvalue weighted by Gasteiger charge is 2.00. The summed E-state index contributed by atoms with van der Waals surface area (Å²) in [7, 11) is 1.71. The fourth-order valence-electron chi connectivity index (χ4n) is 1.65. The molecule has 2 N–H and O–H groups in total. The summed E-state index contributed by atoms with van der Waals surface area (Å²) in [6, 6.07) is 0. The highest BCUT2D eigenvalue weighted by Crippen LogP contribution is 2.05. The molecule has 1 atom stereocenters. The molecule has 0 heterocycles. The lowest BCUT2D eigenvalue weighted by Crippen LogP contribution is -2.12. The topological polar surface area (TPSA) is 61.6 Å². The number of carbonyl (C=O) groups excluding carboxylic acids is 1. The lowest BCUT2D eigenvalue weighted by Gasteiger charge is -2.10. The van der Waals surface area contributed by atoms with Crippen LogP contribution in [0.25, 0.3) is 0 Å². The van der Waals surface area contributed by atoms with E-state index in [9.17, 15) is 4.79 Å². The van der Waals surface area contributed by atoms with Crippen LogP contribution in [-0.2, 0) is 14.3 Å². The molecule has 0 aliphatic heterocycles. The minimum atomic E-state index is -0.194. The van der Waals surface area contributed by atoms with Crippen molar-refractivity contribution in [2.24, 2.45) is 11.7 Å². The third kappa shape index (κ3) is 13.3. The first-order valence-electron chi connectivity index (χ1n) is 6.51. The van der Waals surface area contributed by atoms with Crippen LogP contribution < -0.4 is 5.73 Å². The molecule has 0 saturated carbocycles. The van der Waals surface area contributed by atoms with Crippen LogP contribution in [0, 0.1) is 5.92 Å². The number of ether oxygens (including phenoxy) is 2. The summed E-state index contributed by atoms with van der Waals surface area (Å²) in [5, 5.41) is 0. The van der Waals surface area contributed by atoms with E-state index >= 15 is 0 Å². The lowest BCUT2D eigenvalue weighted by atomic mass is 10.1. The number of hydrogen-bond donors (Lipinski definition) is 1. The molecule has 17 heavy (non-hydrogen) atoms. The van der Waals surface area contributed by atoms with Crippen molar-refractivity contribution in [3.63, 3.8) is 0 Å². The highest BCUT2D eigenvalue weighted by atomic mass is 16.5. The van der Waals surface area contributed by atoms with Gasteiger partial charge in [0.1, 0.15) is 0 Å². The molecule has 1 amide bonds. The monoisotopic (exact) mass is 245 g/mol. The van der Waals surface area contributed by atoms with Crippen LogP contribution in [0.15, 0.2) is 0 Å². The average Bonchev–Trinajstić information content (AvgIpc) is 2.27. The first-order chi connectivity index (χ1) is 8.16. The molecule has 0 aliphatic carbocycles. The third-order valence-corrected chi connectivity index (χ3v) is 2.57. The molecule has 4 heteroatoms. The Morgan fingerprint density at radius 2 is 1.76 bits per heavy atom. The molecule has 0 aromatic carbocycles. The first-order valence-corrected chi connectivity index (χ1v) is 6.51. The van der Waals surface area contributed by atoms with Gasteiger partial charge in [0.05, 0.1) is 13.2 Å². The van der Waals surface area contributed by atoms with E-state index in [4.69, 9.17) is 15.2 Å². The zero-order chi connectivity index (χ0) is 12.9. The predicted octanol–water partition coefficient (Wildman–Crippen LogP) is 2.11. The van der Waals surface area contributed by atoms with Crippen molar-refractivity contribution in [2.75, 3.05) is 26.9 Å². The van der Waals surface area contributed by atoms with Crippen molar-refractivity contribution in [1.29, 1.82) is 0 Å². The van der Waals surface area contributed by atoms with Crippen molar-refractivity contribution < 1.29 is 14.3 Å². The van der Waals surface area contributed by atoms with E-state index in [1.165, 1.54) is 0 Å². The zero-order valence-corrected chi connectivity index (χ0v) is 11.2. The van der Waals surface area contributed by atoms with Gasteiger partial charge in [0, 0.05) is 26.1 Å². The molecule has 0 rings (SSSR count). The van der Waals surface area contributed by atoms with Crippen LogP contribution in [0.5, 0.6) is 0 Å². The normalized spacial score (nSPS) is 12.6. The fourth-order valence-corrected chi connectivity index (χ4v) is 1.65. The van der Waals surface area contributed by atoms with Crippen LogP contribution in [0.4, 0.5) is 0 Å². The predicted molar refractivity (Wildman–Crippen MR) is 68.8 cm³/mol. The van der Waals surface area contributed by atoms with Gasteiger partial charge in [0.15, 0.2) is 0 Å². The molecule has 0 saturated heterocycles. The van der Waals surface area contributed by atoms with Gasteiger partial charge in [-0.25, -0.2) is 0 Å². The van der Waals surface area contributed by atoms with Crippen molar-refractivity contribution >= 4 is 5.91 Å². The Hall–Kier alpha value is -0.610. The second-order valence-electron chi connectivity index (χ2n) is 4.62. The Labute approximate surface area is 105 Å². The molecule has 0 radical (unpaired) electrons. The Kier molecular flexibility index (Phi) is 11.4. The van der Waals surface area contributed by atoms with Gasteiger partial charge in [0.25, 0.3) is 0 Å². The molecular formula is C13H27NO3. The number of carbonyl (C=O) groups is 1. The van der Waals surface area contributed by atoms with E-state index in [0.29, 0.717) is 12.3 Å². The summed E-state index contributed by atoms with van der Waals surface area (Å²) in [6.45, 7) is 4.47. The molecule has 0 spiro atoms. The van der Waals surface area contributed by atoms with Crippen molar-refractivity contribution in [3.8, 4) is 0 Å². The van der Waals surface area contributed by atoms with Crippen molar-refractivity contribution in [3.05, 3.63) is 0 Å². The van der Waals surface area contributed by atoms with Gasteiger partial charge in [-0.1, -0.05) is 26.2 Å². The van der Waals surface area contributed by atoms with E-state index in [-0.39, 0.29) is 5.91 Å². The van der Waals surface area contributed by atoms with E-state index in [1.807, 2.05) is 0 Å². The minimum Gasteiger partial charge on any atom is -0.384 e. The molecule has 0 aliphatic rings. The van der Waals surface area contributed by atoms with Gasteiger partial charge in [-0.2, -0.15) is 0 Å². The Balaban J connectivity index is 3.05. The summed E-state index contributed by atoms with van der Waals surface area (Å²) >= 11 is 0. The van der Waals surface area contributed by atoms with Gasteiger partial charge < -0.3 is 15.2 Å². The zero-order valence-electron chi connectivity index (χ0n) is 11.2. The van der Waals surface area contributed by atoms with Crippen LogP contribution in [0.1, 0.15) is 45.4 Å². The van der Waals surface area contributed by atoms with Gasteiger partial charge >= 0.3 is 0 Å². The molecule has 0 aromatic heterocycles. The Morgan fingerprint density at radius 1 is 1.12 bits per heavy atom. The number of primary amides is 1. The van der Waals surface area contributed by atoms with Crippen LogP contribution in [-0.4, -0.2) is 32.8 Å². The van der Waals surface area contributed by atoms with Crippen molar-refractivity contribution in [2.45, 2.75) is 45.4 Å². The van der Waals surface area contributed by atoms with Crippen molar-refractivity contribution in [1.82, 2.24) is 0 Å². The molecule has 0 aromatic rings. The fraction of sp³-hybridized carbons (Fsp3) is 0.923. The quantitative estimate of drug-likeness (QED) is 0.536. The summed E-state index contributed by atoms with van der Waals surface area (Å²) in [5.74, 6) is 0.274. The van der Waals surface area contributed by atoms with Crippen LogP contribution >= 0.6 is 0 Å². The van der Waals surface area contributed by atoms with E-state index in [1.54, 1.807) is 7.11 Å². The minimum absolute atomic E-state index is 0.194. The summed E-state index contributed by atoms with van der Waals surface area (Å²) < 4.78 is 10.6. The number of methoxy groups -OCH3 is 1. The molecule has 102 valence electrons. The van der Waals surface area contributed by atoms with Gasteiger partial charge in [0.2, 0.25) is 5.91 Å². The number of nitrogens with two attached hydrogens (primary N) is 1. The average molecular weight is 245 g/mol. The Morgan fingerprint density at radius 3 is 2.41 bits per heavy atom. The molecule has 4 nitrogen and oxygen atoms in total. The van der Waals surface area contributed by atoms with Crippen LogP contribution in [0.2, 0.25) is 0 Å². The SMILES string of the molecule is COCC(C)COCCCCCCCC(N)=O. The molecular weight excluding hydrogens is 218 g/mol. The maximum absolute atomic E-state index is 10.5. The number of amides is 1. The van der Waals surface area contributed by atoms with Crippen LogP contribution in [0.3, 0.4) is 0 Å². The van der Waals surface area contributed by atoms with E-state index in [0.717, 1.165) is 51.9 Å². The van der Waals surface area contributed by atoms with Gasteiger partial charge in [-0.3, -0.25) is 4.79 Å². The maximum atomic E-state index is 10.5. The largest absolute Gasteiger partial charge is 0.384 e. The third-order valence-electron chi connectivity index (χ3n) is 2.57. The van der Waals surface area contributed by atoms with Gasteiger partial charge in [-0.05, 0) is 12.8 Å². The number of rotatable bonds is 12. The lowest BCUT2D eigenvalue weighted by molar-refractivity contribution is -0.118. The molecule has 1 unspecified atom stereocenters. The standard InChI is InChI=1S/C13H27NO3/c1-12(10-16-2)11-17-9-7-5-3-4-6-8-13(14)15/h12H,3-11H2,1-2H3,(H2,14,15). The number of hydrogen-bond acceptors (Lipinski definition) is 3. The molecule has 0 bridgehead atoms. The summed E-state index contributed by atoms with van der Waals surface area (Å²) in [6.07, 6.45) is 5.94.